The van der Waals surface area contributed by atoms with Gasteiger partial charge in [-0.1, -0.05) is 12.1 Å². The zero-order valence-electron chi connectivity index (χ0n) is 20.3. The summed E-state index contributed by atoms with van der Waals surface area (Å²) in [5, 5.41) is 5.26. The van der Waals surface area contributed by atoms with Gasteiger partial charge in [-0.15, -0.1) is 0 Å². The third kappa shape index (κ3) is 6.92. The summed E-state index contributed by atoms with van der Waals surface area (Å²) in [6, 6.07) is 17.3. The minimum Gasteiger partial charge on any atom is -0.449 e. The Morgan fingerprint density at radius 1 is 0.806 bits per heavy atom. The fourth-order valence-corrected chi connectivity index (χ4v) is 4.64. The van der Waals surface area contributed by atoms with Gasteiger partial charge in [0.05, 0.1) is 10.5 Å². The maximum absolute atomic E-state index is 12.8. The van der Waals surface area contributed by atoms with Crippen LogP contribution in [0.15, 0.2) is 71.6 Å². The highest BCUT2D eigenvalue weighted by Gasteiger charge is 2.20. The molecular weight excluding hydrogens is 482 g/mol. The Kier molecular flexibility index (Phi) is 8.11. The lowest BCUT2D eigenvalue weighted by Gasteiger charge is -2.14. The van der Waals surface area contributed by atoms with Crippen molar-refractivity contribution in [2.24, 2.45) is 0 Å². The van der Waals surface area contributed by atoms with E-state index in [1.807, 2.05) is 13.0 Å². The maximum Gasteiger partial charge on any atom is 0.338 e. The number of carbonyl (C=O) groups is 3. The van der Waals surface area contributed by atoms with Gasteiger partial charge in [0.25, 0.3) is 15.9 Å². The van der Waals surface area contributed by atoms with Gasteiger partial charge in [-0.3, -0.25) is 14.3 Å². The summed E-state index contributed by atoms with van der Waals surface area (Å²) in [7, 11) is -3.81. The second-order valence-electron chi connectivity index (χ2n) is 8.25. The molecule has 0 saturated carbocycles. The van der Waals surface area contributed by atoms with E-state index < -0.39 is 28.0 Å². The lowest BCUT2D eigenvalue weighted by Crippen LogP contribution is -2.30. The maximum atomic E-state index is 12.8. The van der Waals surface area contributed by atoms with Crippen molar-refractivity contribution in [1.29, 1.82) is 0 Å². The Morgan fingerprint density at radius 3 is 1.94 bits per heavy atom. The summed E-state index contributed by atoms with van der Waals surface area (Å²) < 4.78 is 33.3. The van der Waals surface area contributed by atoms with E-state index in [1.54, 1.807) is 43.3 Å². The highest BCUT2D eigenvalue weighted by atomic mass is 32.2. The molecule has 1 atom stereocenters. The first-order valence-corrected chi connectivity index (χ1v) is 12.5. The van der Waals surface area contributed by atoms with Crippen molar-refractivity contribution in [2.75, 3.05) is 15.4 Å². The minimum absolute atomic E-state index is 0.156. The Hall–Kier alpha value is -4.18. The molecule has 3 aromatic rings. The van der Waals surface area contributed by atoms with Crippen LogP contribution in [0.4, 0.5) is 17.1 Å². The Labute approximate surface area is 209 Å². The monoisotopic (exact) mass is 509 g/mol. The number of nitrogens with one attached hydrogen (secondary N) is 3. The van der Waals surface area contributed by atoms with Crippen LogP contribution in [0.2, 0.25) is 0 Å². The van der Waals surface area contributed by atoms with Gasteiger partial charge >= 0.3 is 5.97 Å². The number of carbonyl (C=O) groups excluding carboxylic acids is 3. The molecule has 0 radical (unpaired) electrons. The molecule has 3 aromatic carbocycles. The van der Waals surface area contributed by atoms with Crippen molar-refractivity contribution >= 4 is 44.9 Å². The molecule has 0 aliphatic heterocycles. The van der Waals surface area contributed by atoms with Gasteiger partial charge in [-0.2, -0.15) is 0 Å². The van der Waals surface area contributed by atoms with Gasteiger partial charge < -0.3 is 15.4 Å². The third-order valence-corrected chi connectivity index (χ3v) is 6.66. The van der Waals surface area contributed by atoms with Gasteiger partial charge in [-0.05, 0) is 86.5 Å². The molecule has 36 heavy (non-hydrogen) atoms. The zero-order valence-corrected chi connectivity index (χ0v) is 21.1. The molecule has 2 amide bonds. The minimum atomic E-state index is -3.81. The number of rotatable bonds is 8. The van der Waals surface area contributed by atoms with Gasteiger partial charge in [0.2, 0.25) is 5.91 Å². The van der Waals surface area contributed by atoms with Gasteiger partial charge in [0, 0.05) is 24.0 Å². The average Bonchev–Trinajstić information content (AvgIpc) is 2.81. The topological polar surface area (TPSA) is 131 Å². The number of anilines is 3. The zero-order chi connectivity index (χ0) is 26.5. The van der Waals surface area contributed by atoms with Crippen molar-refractivity contribution in [1.82, 2.24) is 0 Å². The predicted octanol–water partition coefficient (Wildman–Crippen LogP) is 4.25. The number of benzene rings is 3. The van der Waals surface area contributed by atoms with Crippen LogP contribution in [-0.4, -0.2) is 32.3 Å². The van der Waals surface area contributed by atoms with E-state index in [-0.39, 0.29) is 22.1 Å². The lowest BCUT2D eigenvalue weighted by molar-refractivity contribution is -0.123. The van der Waals surface area contributed by atoms with E-state index >= 15 is 0 Å². The number of sulfonamides is 1. The first-order chi connectivity index (χ1) is 16.9. The summed E-state index contributed by atoms with van der Waals surface area (Å²) in [5.41, 5.74) is 2.92. The molecule has 0 saturated heterocycles. The SMILES string of the molecule is CC(=O)Nc1ccc(NC(=O)C(C)OC(=O)c2ccc(NS(=O)(=O)c3cc(C)ccc3C)cc2)cc1. The van der Waals surface area contributed by atoms with Gasteiger partial charge in [-0.25, -0.2) is 13.2 Å². The molecule has 0 heterocycles. The van der Waals surface area contributed by atoms with Gasteiger partial charge in [0.15, 0.2) is 6.10 Å². The van der Waals surface area contributed by atoms with Crippen LogP contribution < -0.4 is 15.4 Å². The summed E-state index contributed by atoms with van der Waals surface area (Å²) in [4.78, 5) is 36.1. The largest absolute Gasteiger partial charge is 0.449 e. The number of amides is 2. The fraction of sp³-hybridized carbons (Fsp3) is 0.192. The number of aryl methyl sites for hydroxylation is 2. The van der Waals surface area contributed by atoms with Crippen LogP contribution in [0.3, 0.4) is 0 Å². The van der Waals surface area contributed by atoms with Crippen molar-refractivity contribution in [2.45, 2.75) is 38.7 Å². The van der Waals surface area contributed by atoms with Crippen molar-refractivity contribution in [3.8, 4) is 0 Å². The summed E-state index contributed by atoms with van der Waals surface area (Å²) >= 11 is 0. The van der Waals surface area contributed by atoms with E-state index in [0.717, 1.165) is 5.56 Å². The quantitative estimate of drug-likeness (QED) is 0.389. The van der Waals surface area contributed by atoms with E-state index in [9.17, 15) is 22.8 Å². The molecule has 1 unspecified atom stereocenters. The van der Waals surface area contributed by atoms with Crippen molar-refractivity contribution in [3.05, 3.63) is 83.4 Å². The molecule has 9 nitrogen and oxygen atoms in total. The van der Waals surface area contributed by atoms with Crippen LogP contribution in [-0.2, 0) is 24.3 Å². The summed E-state index contributed by atoms with van der Waals surface area (Å²) in [6.07, 6.45) is -1.09. The van der Waals surface area contributed by atoms with Crippen LogP contribution in [0.25, 0.3) is 0 Å². The normalized spacial score (nSPS) is 11.8. The molecule has 3 rings (SSSR count). The third-order valence-electron chi connectivity index (χ3n) is 5.13. The lowest BCUT2D eigenvalue weighted by atomic mass is 10.2. The van der Waals surface area contributed by atoms with Crippen LogP contribution >= 0.6 is 0 Å². The first kappa shape index (κ1) is 26.4. The summed E-state index contributed by atoms with van der Waals surface area (Å²) in [6.45, 7) is 6.35. The Morgan fingerprint density at radius 2 is 1.36 bits per heavy atom. The number of esters is 1. The van der Waals surface area contributed by atoms with E-state index in [2.05, 4.69) is 15.4 Å². The van der Waals surface area contributed by atoms with E-state index in [4.69, 9.17) is 4.74 Å². The van der Waals surface area contributed by atoms with Crippen LogP contribution in [0, 0.1) is 13.8 Å². The Bertz CT molecular complexity index is 1380. The second-order valence-corrected chi connectivity index (χ2v) is 9.90. The standard InChI is InChI=1S/C26H27N3O6S/c1-16-5-6-17(2)24(15-16)36(33,34)29-23-9-7-20(8-10-23)26(32)35-18(3)25(31)28-22-13-11-21(12-14-22)27-19(4)30/h5-15,18,29H,1-4H3,(H,27,30)(H,28,31). The average molecular weight is 510 g/mol. The molecule has 0 aromatic heterocycles. The molecule has 188 valence electrons. The van der Waals surface area contributed by atoms with Gasteiger partial charge in [0.1, 0.15) is 0 Å². The molecular formula is C26H27N3O6S. The number of hydrogen-bond donors (Lipinski definition) is 3. The Balaban J connectivity index is 1.59. The molecule has 0 fully saturated rings. The van der Waals surface area contributed by atoms with Crippen LogP contribution in [0.1, 0.15) is 35.3 Å². The highest BCUT2D eigenvalue weighted by molar-refractivity contribution is 7.92. The number of ether oxygens (including phenoxy) is 1. The van der Waals surface area contributed by atoms with Crippen molar-refractivity contribution < 1.29 is 27.5 Å². The summed E-state index contributed by atoms with van der Waals surface area (Å²) in [5.74, 6) is -1.48. The highest BCUT2D eigenvalue weighted by Crippen LogP contribution is 2.21. The molecule has 3 N–H and O–H groups in total. The fourth-order valence-electron chi connectivity index (χ4n) is 3.25. The van der Waals surface area contributed by atoms with E-state index in [0.29, 0.717) is 16.9 Å². The molecule has 0 bridgehead atoms. The first-order valence-electron chi connectivity index (χ1n) is 11.0. The second kappa shape index (κ2) is 11.0. The smallest absolute Gasteiger partial charge is 0.338 e. The molecule has 10 heteroatoms. The predicted molar refractivity (Wildman–Crippen MR) is 137 cm³/mol. The van der Waals surface area contributed by atoms with Crippen LogP contribution in [0.5, 0.6) is 0 Å². The molecule has 0 aliphatic rings. The van der Waals surface area contributed by atoms with E-state index in [1.165, 1.54) is 38.1 Å². The number of hydrogen-bond acceptors (Lipinski definition) is 6. The molecule has 0 aliphatic carbocycles. The van der Waals surface area contributed by atoms with Crippen molar-refractivity contribution in [3.63, 3.8) is 0 Å². The molecule has 0 spiro atoms.